The average Bonchev–Trinajstić information content (AvgIpc) is 2.77. The molecule has 0 unspecified atom stereocenters. The predicted molar refractivity (Wildman–Crippen MR) is 75.7 cm³/mol. The van der Waals surface area contributed by atoms with E-state index in [1.54, 1.807) is 17.4 Å². The molecule has 0 aliphatic rings. The van der Waals surface area contributed by atoms with Gasteiger partial charge in [0.15, 0.2) is 0 Å². The van der Waals surface area contributed by atoms with Gasteiger partial charge in [0.1, 0.15) is 0 Å². The Hall–Kier alpha value is -1.94. The third-order valence-corrected chi connectivity index (χ3v) is 3.16. The largest absolute Gasteiger partial charge is 0.323 e. The Morgan fingerprint density at radius 3 is 2.61 bits per heavy atom. The first-order chi connectivity index (χ1) is 8.69. The second-order valence-electron chi connectivity index (χ2n) is 3.82. The number of amides is 1. The van der Waals surface area contributed by atoms with Crippen molar-refractivity contribution in [2.75, 3.05) is 5.32 Å². The summed E-state index contributed by atoms with van der Waals surface area (Å²) in [6.07, 6.45) is 3.21. The molecule has 3 nitrogen and oxygen atoms in total. The third kappa shape index (κ3) is 3.05. The molecule has 1 aromatic heterocycles. The van der Waals surface area contributed by atoms with Crippen molar-refractivity contribution in [3.63, 3.8) is 0 Å². The van der Waals surface area contributed by atoms with Crippen LogP contribution >= 0.6 is 11.3 Å². The van der Waals surface area contributed by atoms with Crippen molar-refractivity contribution in [3.8, 4) is 11.3 Å². The van der Waals surface area contributed by atoms with Crippen LogP contribution in [-0.2, 0) is 4.79 Å². The number of hydrogen-bond donors (Lipinski definition) is 1. The molecule has 92 valence electrons. The number of aromatic nitrogens is 1. The maximum absolute atomic E-state index is 11.4. The molecule has 0 aliphatic heterocycles. The molecule has 0 saturated carbocycles. The van der Waals surface area contributed by atoms with Crippen LogP contribution in [0.15, 0.2) is 41.8 Å². The Balaban J connectivity index is 2.13. The number of benzene rings is 1. The van der Waals surface area contributed by atoms with Gasteiger partial charge in [0, 0.05) is 16.6 Å². The van der Waals surface area contributed by atoms with Gasteiger partial charge < -0.3 is 5.32 Å². The molecule has 2 aromatic rings. The van der Waals surface area contributed by atoms with E-state index in [0.717, 1.165) is 22.0 Å². The molecular formula is C14H14N2OS. The van der Waals surface area contributed by atoms with E-state index in [1.165, 1.54) is 6.08 Å². The van der Waals surface area contributed by atoms with Crippen molar-refractivity contribution in [2.24, 2.45) is 0 Å². The highest BCUT2D eigenvalue weighted by Gasteiger charge is 2.02. The summed E-state index contributed by atoms with van der Waals surface area (Å²) >= 11 is 1.63. The zero-order valence-electron chi connectivity index (χ0n) is 10.3. The second-order valence-corrected chi connectivity index (χ2v) is 4.88. The lowest BCUT2D eigenvalue weighted by Crippen LogP contribution is -2.07. The molecule has 0 radical (unpaired) electrons. The molecule has 4 heteroatoms. The van der Waals surface area contributed by atoms with Crippen LogP contribution in [-0.4, -0.2) is 10.9 Å². The van der Waals surface area contributed by atoms with Gasteiger partial charge in [-0.05, 0) is 32.1 Å². The summed E-state index contributed by atoms with van der Waals surface area (Å²) in [6.45, 7) is 3.80. The minimum atomic E-state index is -0.116. The second kappa shape index (κ2) is 5.60. The number of anilines is 1. The van der Waals surface area contributed by atoms with Crippen LogP contribution in [0.4, 0.5) is 5.69 Å². The normalized spacial score (nSPS) is 10.8. The highest BCUT2D eigenvalue weighted by atomic mass is 32.1. The molecule has 0 fully saturated rings. The van der Waals surface area contributed by atoms with E-state index < -0.39 is 0 Å². The molecule has 0 spiro atoms. The fourth-order valence-electron chi connectivity index (χ4n) is 1.56. The molecule has 0 atom stereocenters. The van der Waals surface area contributed by atoms with Crippen molar-refractivity contribution in [2.45, 2.75) is 13.8 Å². The number of thiazole rings is 1. The Labute approximate surface area is 110 Å². The van der Waals surface area contributed by atoms with Crippen molar-refractivity contribution in [1.82, 2.24) is 4.98 Å². The quantitative estimate of drug-likeness (QED) is 0.854. The fourth-order valence-corrected chi connectivity index (χ4v) is 2.18. The first-order valence-corrected chi connectivity index (χ1v) is 6.53. The van der Waals surface area contributed by atoms with Crippen LogP contribution in [0.3, 0.4) is 0 Å². The minimum Gasteiger partial charge on any atom is -0.323 e. The summed E-state index contributed by atoms with van der Waals surface area (Å²) in [5.74, 6) is -0.116. The summed E-state index contributed by atoms with van der Waals surface area (Å²) in [4.78, 5) is 15.8. The summed E-state index contributed by atoms with van der Waals surface area (Å²) < 4.78 is 0. The molecule has 1 N–H and O–H groups in total. The van der Waals surface area contributed by atoms with Crippen LogP contribution in [0.1, 0.15) is 11.9 Å². The van der Waals surface area contributed by atoms with Gasteiger partial charge in [-0.25, -0.2) is 4.98 Å². The molecule has 0 aliphatic carbocycles. The number of aryl methyl sites for hydroxylation is 1. The van der Waals surface area contributed by atoms with Crippen molar-refractivity contribution in [1.29, 1.82) is 0 Å². The SMILES string of the molecule is C/C=C/C(=O)Nc1ccc(-c2csc(C)n2)cc1. The van der Waals surface area contributed by atoms with E-state index in [9.17, 15) is 4.79 Å². The summed E-state index contributed by atoms with van der Waals surface area (Å²) in [5, 5.41) is 5.87. The van der Waals surface area contributed by atoms with Gasteiger partial charge in [0.05, 0.1) is 10.7 Å². The number of allylic oxidation sites excluding steroid dienone is 1. The summed E-state index contributed by atoms with van der Waals surface area (Å²) in [7, 11) is 0. The predicted octanol–water partition coefficient (Wildman–Crippen LogP) is 3.63. The Morgan fingerprint density at radius 2 is 2.06 bits per heavy atom. The van der Waals surface area contributed by atoms with E-state index >= 15 is 0 Å². The van der Waals surface area contributed by atoms with Crippen LogP contribution in [0, 0.1) is 6.92 Å². The standard InChI is InChI=1S/C14H14N2OS/c1-3-4-14(17)16-12-7-5-11(6-8-12)13-9-18-10(2)15-13/h3-9H,1-2H3,(H,16,17)/b4-3+. The first-order valence-electron chi connectivity index (χ1n) is 5.65. The van der Waals surface area contributed by atoms with Gasteiger partial charge in [0.25, 0.3) is 0 Å². The van der Waals surface area contributed by atoms with Crippen molar-refractivity contribution in [3.05, 3.63) is 46.8 Å². The zero-order valence-corrected chi connectivity index (χ0v) is 11.1. The number of hydrogen-bond acceptors (Lipinski definition) is 3. The van der Waals surface area contributed by atoms with Gasteiger partial charge in [-0.15, -0.1) is 11.3 Å². The lowest BCUT2D eigenvalue weighted by molar-refractivity contribution is -0.111. The monoisotopic (exact) mass is 258 g/mol. The van der Waals surface area contributed by atoms with E-state index in [0.29, 0.717) is 0 Å². The summed E-state index contributed by atoms with van der Waals surface area (Å²) in [6, 6.07) is 7.68. The molecule has 0 saturated heterocycles. The minimum absolute atomic E-state index is 0.116. The number of nitrogens with zero attached hydrogens (tertiary/aromatic N) is 1. The molecular weight excluding hydrogens is 244 g/mol. The molecule has 1 amide bonds. The Bertz CT molecular complexity index is 570. The maximum Gasteiger partial charge on any atom is 0.248 e. The lowest BCUT2D eigenvalue weighted by atomic mass is 10.1. The van der Waals surface area contributed by atoms with Crippen LogP contribution < -0.4 is 5.32 Å². The van der Waals surface area contributed by atoms with Crippen molar-refractivity contribution < 1.29 is 4.79 Å². The number of nitrogens with one attached hydrogen (secondary N) is 1. The number of carbonyl (C=O) groups excluding carboxylic acids is 1. The van der Waals surface area contributed by atoms with Gasteiger partial charge in [-0.3, -0.25) is 4.79 Å². The number of carbonyl (C=O) groups is 1. The highest BCUT2D eigenvalue weighted by molar-refractivity contribution is 7.09. The average molecular weight is 258 g/mol. The fraction of sp³-hybridized carbons (Fsp3) is 0.143. The zero-order chi connectivity index (χ0) is 13.0. The van der Waals surface area contributed by atoms with E-state index in [-0.39, 0.29) is 5.91 Å². The Morgan fingerprint density at radius 1 is 1.33 bits per heavy atom. The van der Waals surface area contributed by atoms with Gasteiger partial charge in [-0.1, -0.05) is 18.2 Å². The Kier molecular flexibility index (Phi) is 3.89. The van der Waals surface area contributed by atoms with Crippen molar-refractivity contribution >= 4 is 22.9 Å². The highest BCUT2D eigenvalue weighted by Crippen LogP contribution is 2.22. The number of rotatable bonds is 3. The molecule has 0 bridgehead atoms. The lowest BCUT2D eigenvalue weighted by Gasteiger charge is -2.03. The van der Waals surface area contributed by atoms with Gasteiger partial charge >= 0.3 is 0 Å². The molecule has 1 heterocycles. The van der Waals surface area contributed by atoms with Gasteiger partial charge in [-0.2, -0.15) is 0 Å². The topological polar surface area (TPSA) is 42.0 Å². The van der Waals surface area contributed by atoms with E-state index in [4.69, 9.17) is 0 Å². The maximum atomic E-state index is 11.4. The van der Waals surface area contributed by atoms with E-state index in [2.05, 4.69) is 10.3 Å². The van der Waals surface area contributed by atoms with Crippen LogP contribution in [0.25, 0.3) is 11.3 Å². The van der Waals surface area contributed by atoms with Crippen LogP contribution in [0.2, 0.25) is 0 Å². The molecule has 1 aromatic carbocycles. The summed E-state index contributed by atoms with van der Waals surface area (Å²) in [5.41, 5.74) is 2.82. The smallest absolute Gasteiger partial charge is 0.248 e. The van der Waals surface area contributed by atoms with Crippen LogP contribution in [0.5, 0.6) is 0 Å². The first kappa shape index (κ1) is 12.5. The molecule has 18 heavy (non-hydrogen) atoms. The third-order valence-electron chi connectivity index (χ3n) is 2.39. The van der Waals surface area contributed by atoms with E-state index in [1.807, 2.05) is 43.5 Å². The van der Waals surface area contributed by atoms with Gasteiger partial charge in [0.2, 0.25) is 5.91 Å². The molecule has 2 rings (SSSR count).